The fraction of sp³-hybridized carbons (Fsp3) is 0.294. The van der Waals surface area contributed by atoms with Crippen molar-refractivity contribution >= 4 is 16.8 Å². The van der Waals surface area contributed by atoms with E-state index < -0.39 is 5.24 Å². The van der Waals surface area contributed by atoms with Gasteiger partial charge in [0.15, 0.2) is 5.43 Å². The topological polar surface area (TPSA) is 39.1 Å². The molecule has 0 radical (unpaired) electrons. The summed E-state index contributed by atoms with van der Waals surface area (Å²) in [4.78, 5) is 22.9. The summed E-state index contributed by atoms with van der Waals surface area (Å²) in [7, 11) is 0. The van der Waals surface area contributed by atoms with Crippen LogP contribution in [0.3, 0.4) is 0 Å². The van der Waals surface area contributed by atoms with Crippen LogP contribution < -0.4 is 5.43 Å². The van der Waals surface area contributed by atoms with Crippen LogP contribution in [-0.4, -0.2) is 9.81 Å². The Kier molecular flexibility index (Phi) is 4.63. The average Bonchev–Trinajstić information content (AvgIpc) is 2.41. The van der Waals surface area contributed by atoms with E-state index in [1.807, 2.05) is 23.6 Å². The van der Waals surface area contributed by atoms with Gasteiger partial charge in [0.1, 0.15) is 0 Å². The summed E-state index contributed by atoms with van der Waals surface area (Å²) >= 11 is 5.39. The van der Waals surface area contributed by atoms with Gasteiger partial charge in [-0.3, -0.25) is 9.59 Å². The number of nitrogens with zero attached hydrogens (tertiary/aromatic N) is 1. The second-order valence-corrected chi connectivity index (χ2v) is 5.87. The van der Waals surface area contributed by atoms with E-state index in [2.05, 4.69) is 26.0 Å². The Morgan fingerprint density at radius 2 is 1.86 bits per heavy atom. The van der Waals surface area contributed by atoms with Gasteiger partial charge in [-0.2, -0.15) is 0 Å². The maximum absolute atomic E-state index is 11.9. The first kappa shape index (κ1) is 15.5. The van der Waals surface area contributed by atoms with Crippen LogP contribution in [0.2, 0.25) is 0 Å². The molecule has 0 aliphatic carbocycles. The van der Waals surface area contributed by atoms with Crippen LogP contribution in [0.15, 0.2) is 41.3 Å². The van der Waals surface area contributed by atoms with E-state index in [1.54, 1.807) is 6.20 Å². The zero-order valence-corrected chi connectivity index (χ0v) is 13.1. The lowest BCUT2D eigenvalue weighted by atomic mass is 10.0. The summed E-state index contributed by atoms with van der Waals surface area (Å²) in [5, 5.41) is -0.530. The number of benzene rings is 1. The van der Waals surface area contributed by atoms with Crippen LogP contribution in [0.5, 0.6) is 0 Å². The molecule has 0 saturated carbocycles. The summed E-state index contributed by atoms with van der Waals surface area (Å²) in [6.07, 6.45) is 1.65. The number of pyridine rings is 1. The first-order chi connectivity index (χ1) is 9.88. The van der Waals surface area contributed by atoms with Crippen LogP contribution in [0.25, 0.3) is 5.69 Å². The summed E-state index contributed by atoms with van der Waals surface area (Å²) < 4.78 is 1.90. The molecule has 0 fully saturated rings. The van der Waals surface area contributed by atoms with Crippen molar-refractivity contribution in [1.29, 1.82) is 0 Å². The molecule has 110 valence electrons. The van der Waals surface area contributed by atoms with E-state index in [0.717, 1.165) is 11.4 Å². The number of carbonyl (C=O) groups is 1. The minimum atomic E-state index is -0.530. The SMILES string of the molecule is Cc1cc(=O)c(CC(=O)Cl)cn1-c1ccc(C(C)C)cc1. The lowest BCUT2D eigenvalue weighted by Crippen LogP contribution is -2.15. The van der Waals surface area contributed by atoms with Gasteiger partial charge < -0.3 is 4.57 Å². The molecule has 0 N–H and O–H groups in total. The predicted molar refractivity (Wildman–Crippen MR) is 85.4 cm³/mol. The van der Waals surface area contributed by atoms with Crippen molar-refractivity contribution in [2.75, 3.05) is 0 Å². The molecule has 1 heterocycles. The maximum atomic E-state index is 11.9. The molecule has 0 aliphatic heterocycles. The molecule has 1 aromatic carbocycles. The monoisotopic (exact) mass is 303 g/mol. The van der Waals surface area contributed by atoms with E-state index in [0.29, 0.717) is 11.5 Å². The highest BCUT2D eigenvalue weighted by atomic mass is 35.5. The Hall–Kier alpha value is -1.87. The summed E-state index contributed by atoms with van der Waals surface area (Å²) in [6, 6.07) is 9.71. The van der Waals surface area contributed by atoms with E-state index in [4.69, 9.17) is 11.6 Å². The molecular formula is C17H18ClNO2. The Balaban J connectivity index is 2.47. The third kappa shape index (κ3) is 3.61. The highest BCUT2D eigenvalue weighted by molar-refractivity contribution is 6.63. The minimum absolute atomic E-state index is 0.0508. The number of carbonyl (C=O) groups excluding carboxylic acids is 1. The van der Waals surface area contributed by atoms with Gasteiger partial charge in [0.05, 0.1) is 6.42 Å². The van der Waals surface area contributed by atoms with E-state index in [1.165, 1.54) is 11.6 Å². The van der Waals surface area contributed by atoms with Gasteiger partial charge in [-0.1, -0.05) is 26.0 Å². The number of aromatic nitrogens is 1. The van der Waals surface area contributed by atoms with Crippen molar-refractivity contribution in [3.05, 3.63) is 63.6 Å². The van der Waals surface area contributed by atoms with Crippen LogP contribution in [-0.2, 0) is 11.2 Å². The predicted octanol–water partition coefficient (Wildman–Crippen LogP) is 3.58. The molecule has 1 aromatic heterocycles. The van der Waals surface area contributed by atoms with Crippen LogP contribution >= 0.6 is 11.6 Å². The highest BCUT2D eigenvalue weighted by Crippen LogP contribution is 2.18. The van der Waals surface area contributed by atoms with E-state index in [9.17, 15) is 9.59 Å². The molecule has 4 heteroatoms. The standard InChI is InChI=1S/C17H18ClNO2/c1-11(2)13-4-6-15(7-5-13)19-10-14(9-17(18)21)16(20)8-12(19)3/h4-8,10-11H,9H2,1-3H3. The van der Waals surface area contributed by atoms with Crippen LogP contribution in [0.4, 0.5) is 0 Å². The maximum Gasteiger partial charge on any atom is 0.226 e. The van der Waals surface area contributed by atoms with Crippen molar-refractivity contribution in [2.24, 2.45) is 0 Å². The van der Waals surface area contributed by atoms with Gasteiger partial charge in [0, 0.05) is 29.2 Å². The molecule has 0 spiro atoms. The molecule has 3 nitrogen and oxygen atoms in total. The van der Waals surface area contributed by atoms with Gasteiger partial charge in [0.2, 0.25) is 5.24 Å². The van der Waals surface area contributed by atoms with Crippen molar-refractivity contribution in [1.82, 2.24) is 4.57 Å². The normalized spacial score (nSPS) is 10.9. The third-order valence-electron chi connectivity index (χ3n) is 3.49. The van der Waals surface area contributed by atoms with Crippen molar-refractivity contribution in [3.8, 4) is 5.69 Å². The molecular weight excluding hydrogens is 286 g/mol. The molecule has 2 rings (SSSR count). The molecule has 0 atom stereocenters. The lowest BCUT2D eigenvalue weighted by molar-refractivity contribution is -0.111. The van der Waals surface area contributed by atoms with Gasteiger partial charge in [0.25, 0.3) is 0 Å². The summed E-state index contributed by atoms with van der Waals surface area (Å²) in [5.41, 5.74) is 3.29. The van der Waals surface area contributed by atoms with Crippen LogP contribution in [0.1, 0.15) is 36.6 Å². The van der Waals surface area contributed by atoms with Crippen LogP contribution in [0, 0.1) is 6.92 Å². The molecule has 21 heavy (non-hydrogen) atoms. The largest absolute Gasteiger partial charge is 0.321 e. The van der Waals surface area contributed by atoms with Crippen molar-refractivity contribution in [3.63, 3.8) is 0 Å². The number of rotatable bonds is 4. The van der Waals surface area contributed by atoms with E-state index in [-0.39, 0.29) is 11.8 Å². The minimum Gasteiger partial charge on any atom is -0.321 e. The average molecular weight is 304 g/mol. The zero-order valence-electron chi connectivity index (χ0n) is 12.4. The first-order valence-corrected chi connectivity index (χ1v) is 7.27. The summed E-state index contributed by atoms with van der Waals surface area (Å²) in [6.45, 7) is 6.15. The molecule has 0 amide bonds. The first-order valence-electron chi connectivity index (χ1n) is 6.89. The number of hydrogen-bond acceptors (Lipinski definition) is 2. The third-order valence-corrected chi connectivity index (χ3v) is 3.62. The van der Waals surface area contributed by atoms with Gasteiger partial charge >= 0.3 is 0 Å². The highest BCUT2D eigenvalue weighted by Gasteiger charge is 2.09. The fourth-order valence-electron chi connectivity index (χ4n) is 2.25. The molecule has 0 unspecified atom stereocenters. The zero-order chi connectivity index (χ0) is 15.6. The number of hydrogen-bond donors (Lipinski definition) is 0. The van der Waals surface area contributed by atoms with Gasteiger partial charge in [-0.05, 0) is 42.1 Å². The summed E-state index contributed by atoms with van der Waals surface area (Å²) in [5.74, 6) is 0.471. The number of halogens is 1. The molecule has 2 aromatic rings. The van der Waals surface area contributed by atoms with E-state index >= 15 is 0 Å². The quantitative estimate of drug-likeness (QED) is 0.810. The molecule has 0 saturated heterocycles. The fourth-order valence-corrected chi connectivity index (χ4v) is 2.40. The second-order valence-electron chi connectivity index (χ2n) is 5.45. The molecule has 0 bridgehead atoms. The Bertz CT molecular complexity index is 715. The van der Waals surface area contributed by atoms with Gasteiger partial charge in [-0.25, -0.2) is 0 Å². The lowest BCUT2D eigenvalue weighted by Gasteiger charge is -2.13. The second kappa shape index (κ2) is 6.27. The van der Waals surface area contributed by atoms with Gasteiger partial charge in [-0.15, -0.1) is 0 Å². The number of aryl methyl sites for hydroxylation is 1. The van der Waals surface area contributed by atoms with Crippen molar-refractivity contribution < 1.29 is 4.79 Å². The Morgan fingerprint density at radius 3 is 2.38 bits per heavy atom. The smallest absolute Gasteiger partial charge is 0.226 e. The van der Waals surface area contributed by atoms with Crippen molar-refractivity contribution in [2.45, 2.75) is 33.1 Å². The Labute approximate surface area is 129 Å². The molecule has 0 aliphatic rings. The Morgan fingerprint density at radius 1 is 1.24 bits per heavy atom.